The summed E-state index contributed by atoms with van der Waals surface area (Å²) in [5, 5.41) is 2.80. The predicted octanol–water partition coefficient (Wildman–Crippen LogP) is 5.46. The van der Waals surface area contributed by atoms with Crippen LogP contribution in [0.1, 0.15) is 22.3 Å². The number of benzene rings is 2. The van der Waals surface area contributed by atoms with E-state index in [4.69, 9.17) is 0 Å². The molecular weight excluding hydrogens is 319 g/mol. The zero-order valence-electron chi connectivity index (χ0n) is 12.5. The molecule has 3 aromatic carbocycles. The van der Waals surface area contributed by atoms with Gasteiger partial charge < -0.3 is 0 Å². The minimum Gasteiger partial charge on any atom is -0.144 e. The van der Waals surface area contributed by atoms with Crippen LogP contribution < -0.4 is 0 Å². The smallest absolute Gasteiger partial charge is 0 e. The Morgan fingerprint density at radius 3 is 2.00 bits per heavy atom. The van der Waals surface area contributed by atoms with Gasteiger partial charge in [-0.15, -0.1) is 34.0 Å². The third kappa shape index (κ3) is 2.33. The molecule has 0 saturated carbocycles. The van der Waals surface area contributed by atoms with Crippen molar-refractivity contribution in [3.63, 3.8) is 0 Å². The summed E-state index contributed by atoms with van der Waals surface area (Å²) in [6, 6.07) is 15.3. The summed E-state index contributed by atoms with van der Waals surface area (Å²) >= 11 is 0. The van der Waals surface area contributed by atoms with Crippen molar-refractivity contribution >= 4 is 10.8 Å². The van der Waals surface area contributed by atoms with Crippen molar-refractivity contribution < 1.29 is 26.2 Å². The van der Waals surface area contributed by atoms with Gasteiger partial charge >= 0.3 is 0 Å². The fraction of sp³-hybridized carbons (Fsp3) is 0.211. The number of hydrogen-bond donors (Lipinski definition) is 0. The Hall–Kier alpha value is -1.07. The van der Waals surface area contributed by atoms with Gasteiger partial charge in [-0.3, -0.25) is 0 Å². The predicted molar refractivity (Wildman–Crippen MR) is 83.9 cm³/mol. The molecule has 3 rings (SSSR count). The average molecular weight is 339 g/mol. The molecule has 20 heavy (non-hydrogen) atoms. The van der Waals surface area contributed by atoms with Crippen LogP contribution in [0.3, 0.4) is 0 Å². The fourth-order valence-corrected chi connectivity index (χ4v) is 2.89. The number of fused-ring (bicyclic) bond motifs is 1. The largest absolute Gasteiger partial charge is 0.144 e. The number of rotatable bonds is 1. The first-order valence-electron chi connectivity index (χ1n) is 6.82. The molecule has 1 heteroatoms. The molecule has 0 aliphatic rings. The van der Waals surface area contributed by atoms with Gasteiger partial charge in [-0.2, -0.15) is 0 Å². The summed E-state index contributed by atoms with van der Waals surface area (Å²) < 4.78 is 0. The van der Waals surface area contributed by atoms with Gasteiger partial charge in [-0.25, -0.2) is 0 Å². The zero-order chi connectivity index (χ0) is 13.6. The number of aryl methyl sites for hydroxylation is 2. The summed E-state index contributed by atoms with van der Waals surface area (Å²) in [6.07, 6.45) is 0. The topological polar surface area (TPSA) is 0 Å². The summed E-state index contributed by atoms with van der Waals surface area (Å²) in [5.74, 6) is 0. The summed E-state index contributed by atoms with van der Waals surface area (Å²) in [6.45, 7) is 8.93. The molecule has 0 atom stereocenters. The van der Waals surface area contributed by atoms with Crippen LogP contribution in [0.25, 0.3) is 21.9 Å². The molecule has 0 unspecified atom stereocenters. The van der Waals surface area contributed by atoms with Crippen molar-refractivity contribution in [2.24, 2.45) is 0 Å². The van der Waals surface area contributed by atoms with E-state index >= 15 is 0 Å². The van der Waals surface area contributed by atoms with Crippen molar-refractivity contribution in [1.82, 2.24) is 0 Å². The zero-order valence-corrected chi connectivity index (χ0v) is 15.0. The molecule has 0 spiro atoms. The molecule has 0 saturated heterocycles. The van der Waals surface area contributed by atoms with Crippen LogP contribution in [0, 0.1) is 27.7 Å². The molecule has 0 amide bonds. The second kappa shape index (κ2) is 5.74. The normalized spacial score (nSPS) is 10.6. The van der Waals surface area contributed by atoms with E-state index in [2.05, 4.69) is 70.2 Å². The van der Waals surface area contributed by atoms with Crippen LogP contribution in [0.2, 0.25) is 0 Å². The average Bonchev–Trinajstić information content (AvgIpc) is 2.89. The van der Waals surface area contributed by atoms with Crippen LogP contribution in [-0.2, 0) is 26.2 Å². The first-order valence-corrected chi connectivity index (χ1v) is 6.82. The van der Waals surface area contributed by atoms with Crippen LogP contribution >= 0.6 is 0 Å². The minimum atomic E-state index is 0. The van der Waals surface area contributed by atoms with E-state index in [1.54, 1.807) is 0 Å². The maximum absolute atomic E-state index is 2.33. The molecule has 0 radical (unpaired) electrons. The molecule has 0 aliphatic heterocycles. The number of hydrogen-bond acceptors (Lipinski definition) is 0. The first-order chi connectivity index (χ1) is 9.09. The van der Waals surface area contributed by atoms with Crippen molar-refractivity contribution in [3.05, 3.63) is 64.7 Å². The van der Waals surface area contributed by atoms with Crippen molar-refractivity contribution in [2.45, 2.75) is 27.7 Å². The van der Waals surface area contributed by atoms with E-state index in [1.165, 1.54) is 44.2 Å². The molecule has 0 heterocycles. The van der Waals surface area contributed by atoms with E-state index in [0.717, 1.165) is 0 Å². The maximum atomic E-state index is 2.33. The summed E-state index contributed by atoms with van der Waals surface area (Å²) in [7, 11) is 0. The van der Waals surface area contributed by atoms with Crippen LogP contribution in [0.15, 0.2) is 42.5 Å². The molecule has 0 N–H and O–H groups in total. The Kier molecular flexibility index (Phi) is 4.40. The van der Waals surface area contributed by atoms with E-state index in [1.807, 2.05) is 0 Å². The molecule has 0 fully saturated rings. The Labute approximate surface area is 140 Å². The van der Waals surface area contributed by atoms with E-state index < -0.39 is 0 Å². The van der Waals surface area contributed by atoms with Gasteiger partial charge in [0.2, 0.25) is 0 Å². The molecule has 0 aliphatic carbocycles. The molecule has 0 nitrogen and oxygen atoms in total. The van der Waals surface area contributed by atoms with Gasteiger partial charge in [0, 0.05) is 26.2 Å². The Bertz CT molecular complexity index is 704. The molecule has 0 aromatic heterocycles. The summed E-state index contributed by atoms with van der Waals surface area (Å²) in [4.78, 5) is 0. The van der Waals surface area contributed by atoms with Gasteiger partial charge in [-0.1, -0.05) is 59.5 Å². The van der Waals surface area contributed by atoms with Crippen molar-refractivity contribution in [3.8, 4) is 11.1 Å². The molecule has 100 valence electrons. The van der Waals surface area contributed by atoms with Crippen LogP contribution in [-0.4, -0.2) is 0 Å². The standard InChI is InChI=1S/C19H19.Zr/c1-12-13(2)15(4)19-11-17(10-18(19)14(12)3)16-8-6-5-7-9-16;/h5-11H,1-4H3;/q-1;. The van der Waals surface area contributed by atoms with Gasteiger partial charge in [0.15, 0.2) is 0 Å². The van der Waals surface area contributed by atoms with Gasteiger partial charge in [0.1, 0.15) is 0 Å². The van der Waals surface area contributed by atoms with Gasteiger partial charge in [0.05, 0.1) is 0 Å². The van der Waals surface area contributed by atoms with Gasteiger partial charge in [0.25, 0.3) is 0 Å². The van der Waals surface area contributed by atoms with Gasteiger partial charge in [-0.05, 0) is 20.8 Å². The quantitative estimate of drug-likeness (QED) is 0.517. The van der Waals surface area contributed by atoms with E-state index in [-0.39, 0.29) is 26.2 Å². The van der Waals surface area contributed by atoms with E-state index in [0.29, 0.717) is 0 Å². The Balaban J connectivity index is 0.00000147. The summed E-state index contributed by atoms with van der Waals surface area (Å²) in [5.41, 5.74) is 8.31. The van der Waals surface area contributed by atoms with Crippen LogP contribution in [0.4, 0.5) is 0 Å². The third-order valence-corrected chi connectivity index (χ3v) is 4.49. The fourth-order valence-electron chi connectivity index (χ4n) is 2.89. The molecule has 0 bridgehead atoms. The minimum absolute atomic E-state index is 0. The van der Waals surface area contributed by atoms with Crippen molar-refractivity contribution in [2.75, 3.05) is 0 Å². The monoisotopic (exact) mass is 337 g/mol. The molecule has 3 aromatic rings. The third-order valence-electron chi connectivity index (χ3n) is 4.49. The SMILES string of the molecule is Cc1c(C)c(C)c2[cH-]c(-c3ccccc3)cc2c1C.[Zr]. The molecular formula is C19H19Zr-. The Morgan fingerprint density at radius 1 is 0.750 bits per heavy atom. The second-order valence-corrected chi connectivity index (χ2v) is 5.44. The van der Waals surface area contributed by atoms with Crippen molar-refractivity contribution in [1.29, 1.82) is 0 Å². The Morgan fingerprint density at radius 2 is 1.35 bits per heavy atom. The first kappa shape index (κ1) is 15.3. The second-order valence-electron chi connectivity index (χ2n) is 5.44. The van der Waals surface area contributed by atoms with E-state index in [9.17, 15) is 0 Å². The maximum Gasteiger partial charge on any atom is 0 e. The van der Waals surface area contributed by atoms with Crippen LogP contribution in [0.5, 0.6) is 0 Å².